The van der Waals surface area contributed by atoms with E-state index in [-0.39, 0.29) is 17.1 Å². The smallest absolute Gasteiger partial charge is 0.358 e. The molecule has 0 bridgehead atoms. The van der Waals surface area contributed by atoms with Crippen molar-refractivity contribution in [3.63, 3.8) is 0 Å². The molecule has 20 heavy (non-hydrogen) atoms. The summed E-state index contributed by atoms with van der Waals surface area (Å²) < 4.78 is 1.37. The Morgan fingerprint density at radius 3 is 2.50 bits per heavy atom. The number of aromatic carboxylic acids is 1. The minimum absolute atomic E-state index is 0.111. The van der Waals surface area contributed by atoms with Gasteiger partial charge >= 0.3 is 12.0 Å². The molecule has 0 atom stereocenters. The molecule has 1 heterocycles. The van der Waals surface area contributed by atoms with Gasteiger partial charge in [0, 0.05) is 13.1 Å². The van der Waals surface area contributed by atoms with Gasteiger partial charge in [-0.1, -0.05) is 26.0 Å². The molecular formula is C12H21N5O3. The molecule has 3 N–H and O–H groups in total. The second kappa shape index (κ2) is 6.88. The summed E-state index contributed by atoms with van der Waals surface area (Å²) in [4.78, 5) is 22.1. The monoisotopic (exact) mass is 283 g/mol. The van der Waals surface area contributed by atoms with Crippen LogP contribution in [-0.4, -0.2) is 45.2 Å². The van der Waals surface area contributed by atoms with Crippen LogP contribution in [0.25, 0.3) is 0 Å². The molecule has 0 unspecified atom stereocenters. The quantitative estimate of drug-likeness (QED) is 0.712. The van der Waals surface area contributed by atoms with Crippen molar-refractivity contribution in [1.82, 2.24) is 25.6 Å². The maximum atomic E-state index is 11.5. The molecule has 1 rings (SSSR count). The zero-order chi connectivity index (χ0) is 15.2. The second-order valence-electron chi connectivity index (χ2n) is 5.67. The number of carboxylic acid groups (broad SMARTS) is 1. The first-order valence-corrected chi connectivity index (χ1v) is 6.43. The fourth-order valence-electron chi connectivity index (χ4n) is 1.40. The lowest BCUT2D eigenvalue weighted by Gasteiger charge is -2.18. The fourth-order valence-corrected chi connectivity index (χ4v) is 1.40. The van der Waals surface area contributed by atoms with E-state index in [1.165, 1.54) is 10.9 Å². The van der Waals surface area contributed by atoms with Crippen LogP contribution < -0.4 is 10.6 Å². The Morgan fingerprint density at radius 1 is 1.30 bits per heavy atom. The molecule has 0 aliphatic heterocycles. The van der Waals surface area contributed by atoms with Crippen LogP contribution in [0.3, 0.4) is 0 Å². The SMILES string of the molecule is CC(C)(C)CCNC(=O)NCCn1cc(C(=O)O)nn1. The van der Waals surface area contributed by atoms with Crippen LogP contribution in [0.1, 0.15) is 37.7 Å². The van der Waals surface area contributed by atoms with Crippen LogP contribution in [0.2, 0.25) is 0 Å². The largest absolute Gasteiger partial charge is 0.476 e. The number of aromatic nitrogens is 3. The van der Waals surface area contributed by atoms with Gasteiger partial charge in [0.1, 0.15) is 0 Å². The van der Waals surface area contributed by atoms with Gasteiger partial charge in [0.25, 0.3) is 0 Å². The Balaban J connectivity index is 2.19. The first-order valence-electron chi connectivity index (χ1n) is 6.43. The molecule has 0 fully saturated rings. The lowest BCUT2D eigenvalue weighted by Crippen LogP contribution is -2.38. The molecule has 0 aliphatic carbocycles. The van der Waals surface area contributed by atoms with Gasteiger partial charge < -0.3 is 15.7 Å². The van der Waals surface area contributed by atoms with Crippen LogP contribution in [0, 0.1) is 5.41 Å². The minimum Gasteiger partial charge on any atom is -0.476 e. The van der Waals surface area contributed by atoms with Crippen molar-refractivity contribution in [2.75, 3.05) is 13.1 Å². The molecule has 1 aromatic rings. The van der Waals surface area contributed by atoms with Crippen LogP contribution >= 0.6 is 0 Å². The highest BCUT2D eigenvalue weighted by Gasteiger charge is 2.10. The molecule has 0 aliphatic rings. The zero-order valence-electron chi connectivity index (χ0n) is 12.0. The Morgan fingerprint density at radius 2 is 1.95 bits per heavy atom. The van der Waals surface area contributed by atoms with E-state index in [0.29, 0.717) is 19.6 Å². The van der Waals surface area contributed by atoms with E-state index in [1.54, 1.807) is 0 Å². The summed E-state index contributed by atoms with van der Waals surface area (Å²) in [5.41, 5.74) is 0.0703. The number of nitrogens with zero attached hydrogens (tertiary/aromatic N) is 3. The number of amides is 2. The number of urea groups is 1. The van der Waals surface area contributed by atoms with Gasteiger partial charge in [-0.05, 0) is 11.8 Å². The summed E-state index contributed by atoms with van der Waals surface area (Å²) in [5, 5.41) is 21.2. The highest BCUT2D eigenvalue weighted by Crippen LogP contribution is 2.16. The molecule has 0 radical (unpaired) electrons. The van der Waals surface area contributed by atoms with Crippen molar-refractivity contribution in [1.29, 1.82) is 0 Å². The maximum absolute atomic E-state index is 11.5. The highest BCUT2D eigenvalue weighted by molar-refractivity contribution is 5.84. The Kier molecular flexibility index (Phi) is 5.48. The fraction of sp³-hybridized carbons (Fsp3) is 0.667. The number of carbonyl (C=O) groups is 2. The lowest BCUT2D eigenvalue weighted by atomic mass is 9.92. The lowest BCUT2D eigenvalue weighted by molar-refractivity contribution is 0.0690. The van der Waals surface area contributed by atoms with E-state index in [2.05, 4.69) is 41.7 Å². The third-order valence-corrected chi connectivity index (χ3v) is 2.54. The third kappa shape index (κ3) is 6.17. The third-order valence-electron chi connectivity index (χ3n) is 2.54. The molecule has 0 aromatic carbocycles. The average molecular weight is 283 g/mol. The Labute approximate surface area is 117 Å². The Bertz CT molecular complexity index is 464. The summed E-state index contributed by atoms with van der Waals surface area (Å²) in [5.74, 6) is -1.12. The molecule has 8 nitrogen and oxygen atoms in total. The van der Waals surface area contributed by atoms with Crippen molar-refractivity contribution >= 4 is 12.0 Å². The van der Waals surface area contributed by atoms with Crippen LogP contribution in [-0.2, 0) is 6.54 Å². The first-order chi connectivity index (χ1) is 9.28. The summed E-state index contributed by atoms with van der Waals surface area (Å²) >= 11 is 0. The summed E-state index contributed by atoms with van der Waals surface area (Å²) in [7, 11) is 0. The molecule has 2 amide bonds. The van der Waals surface area contributed by atoms with Crippen LogP contribution in [0.5, 0.6) is 0 Å². The van der Waals surface area contributed by atoms with Crippen molar-refractivity contribution in [2.24, 2.45) is 5.41 Å². The van der Waals surface area contributed by atoms with Gasteiger partial charge in [-0.15, -0.1) is 5.10 Å². The molecule has 0 saturated heterocycles. The van der Waals surface area contributed by atoms with Crippen LogP contribution in [0.4, 0.5) is 4.79 Å². The van der Waals surface area contributed by atoms with Crippen molar-refractivity contribution in [2.45, 2.75) is 33.7 Å². The van der Waals surface area contributed by atoms with Gasteiger partial charge in [0.2, 0.25) is 0 Å². The average Bonchev–Trinajstić information content (AvgIpc) is 2.76. The first kappa shape index (κ1) is 15.9. The van der Waals surface area contributed by atoms with E-state index in [9.17, 15) is 9.59 Å². The van der Waals surface area contributed by atoms with E-state index >= 15 is 0 Å². The summed E-state index contributed by atoms with van der Waals surface area (Å²) in [6.45, 7) is 7.66. The number of rotatable bonds is 6. The number of carbonyl (C=O) groups excluding carboxylic acids is 1. The van der Waals surface area contributed by atoms with E-state index in [4.69, 9.17) is 5.11 Å². The van der Waals surface area contributed by atoms with E-state index < -0.39 is 5.97 Å². The Hall–Kier alpha value is -2.12. The van der Waals surface area contributed by atoms with Gasteiger partial charge in [-0.3, -0.25) is 0 Å². The predicted molar refractivity (Wildman–Crippen MR) is 72.5 cm³/mol. The van der Waals surface area contributed by atoms with E-state index in [1.807, 2.05) is 0 Å². The van der Waals surface area contributed by atoms with Gasteiger partial charge in [0.15, 0.2) is 5.69 Å². The predicted octanol–water partition coefficient (Wildman–Crippen LogP) is 0.712. The molecule has 0 saturated carbocycles. The normalized spacial score (nSPS) is 11.2. The van der Waals surface area contributed by atoms with Gasteiger partial charge in [-0.2, -0.15) is 0 Å². The van der Waals surface area contributed by atoms with Crippen molar-refractivity contribution in [3.05, 3.63) is 11.9 Å². The standard InChI is InChI=1S/C12H21N5O3/c1-12(2,3)4-5-13-11(20)14-6-7-17-8-9(10(18)19)15-16-17/h8H,4-7H2,1-3H3,(H,18,19)(H2,13,14,20). The zero-order valence-corrected chi connectivity index (χ0v) is 12.0. The van der Waals surface area contributed by atoms with Crippen molar-refractivity contribution < 1.29 is 14.7 Å². The molecule has 0 spiro atoms. The molecule has 8 heteroatoms. The molecular weight excluding hydrogens is 262 g/mol. The number of carboxylic acids is 1. The topological polar surface area (TPSA) is 109 Å². The summed E-state index contributed by atoms with van der Waals surface area (Å²) in [6, 6.07) is -0.243. The molecule has 112 valence electrons. The number of nitrogens with one attached hydrogen (secondary N) is 2. The van der Waals surface area contributed by atoms with Gasteiger partial charge in [-0.25, -0.2) is 14.3 Å². The summed E-state index contributed by atoms with van der Waals surface area (Å²) in [6.07, 6.45) is 2.22. The number of hydrogen-bond acceptors (Lipinski definition) is 4. The minimum atomic E-state index is -1.12. The molecule has 1 aromatic heterocycles. The van der Waals surface area contributed by atoms with E-state index in [0.717, 1.165) is 6.42 Å². The second-order valence-corrected chi connectivity index (χ2v) is 5.67. The van der Waals surface area contributed by atoms with Gasteiger partial charge in [0.05, 0.1) is 12.7 Å². The van der Waals surface area contributed by atoms with Crippen molar-refractivity contribution in [3.8, 4) is 0 Å². The maximum Gasteiger partial charge on any atom is 0.358 e. The highest BCUT2D eigenvalue weighted by atomic mass is 16.4. The number of hydrogen-bond donors (Lipinski definition) is 3. The van der Waals surface area contributed by atoms with Crippen LogP contribution in [0.15, 0.2) is 6.20 Å².